The minimum absolute atomic E-state index is 0.0744. The molecule has 110 valence electrons. The van der Waals surface area contributed by atoms with Gasteiger partial charge < -0.3 is 9.30 Å². The van der Waals surface area contributed by atoms with Gasteiger partial charge in [0, 0.05) is 28.6 Å². The smallest absolute Gasteiger partial charge is 0.259 e. The summed E-state index contributed by atoms with van der Waals surface area (Å²) in [4.78, 5) is 12.7. The van der Waals surface area contributed by atoms with E-state index in [0.717, 1.165) is 40.8 Å². The number of aryl methyl sites for hydroxylation is 1. The molecule has 3 nitrogen and oxygen atoms in total. The van der Waals surface area contributed by atoms with E-state index in [9.17, 15) is 4.79 Å². The second kappa shape index (κ2) is 4.76. The van der Waals surface area contributed by atoms with Gasteiger partial charge in [0.05, 0.1) is 6.61 Å². The first-order valence-corrected chi connectivity index (χ1v) is 7.38. The molecule has 1 aliphatic rings. The highest BCUT2D eigenvalue weighted by atomic mass is 16.5. The lowest BCUT2D eigenvalue weighted by Crippen LogP contribution is -2.35. The quantitative estimate of drug-likeness (QED) is 0.796. The van der Waals surface area contributed by atoms with Gasteiger partial charge >= 0.3 is 0 Å². The number of hydrogen-bond acceptors (Lipinski definition) is 2. The summed E-state index contributed by atoms with van der Waals surface area (Å²) in [5.41, 5.74) is 1.89. The molecule has 21 heavy (non-hydrogen) atoms. The van der Waals surface area contributed by atoms with Crippen LogP contribution in [-0.2, 0) is 10.3 Å². The average molecular weight is 283 g/mol. The van der Waals surface area contributed by atoms with E-state index < -0.39 is 0 Å². The van der Waals surface area contributed by atoms with Crippen LogP contribution in [-0.4, -0.2) is 11.2 Å². The minimum atomic E-state index is -0.217. The predicted molar refractivity (Wildman–Crippen MR) is 86.5 cm³/mol. The van der Waals surface area contributed by atoms with Crippen molar-refractivity contribution in [1.82, 2.24) is 4.57 Å². The third kappa shape index (κ3) is 2.37. The Labute approximate surface area is 124 Å². The van der Waals surface area contributed by atoms with Crippen molar-refractivity contribution in [3.8, 4) is 0 Å². The number of nitrogens with zero attached hydrogens (tertiary/aromatic N) is 1. The molecule has 0 saturated heterocycles. The fourth-order valence-corrected chi connectivity index (χ4v) is 3.05. The zero-order valence-electron chi connectivity index (χ0n) is 13.1. The molecule has 1 aliphatic heterocycles. The van der Waals surface area contributed by atoms with Crippen LogP contribution < -0.4 is 5.56 Å². The minimum Gasteiger partial charge on any atom is -0.493 e. The van der Waals surface area contributed by atoms with E-state index >= 15 is 0 Å². The molecule has 0 bridgehead atoms. The zero-order valence-corrected chi connectivity index (χ0v) is 13.1. The molecule has 0 unspecified atom stereocenters. The molecule has 3 heteroatoms. The van der Waals surface area contributed by atoms with Crippen molar-refractivity contribution in [3.05, 3.63) is 52.0 Å². The van der Waals surface area contributed by atoms with Crippen molar-refractivity contribution >= 4 is 16.5 Å². The van der Waals surface area contributed by atoms with E-state index in [0.29, 0.717) is 0 Å². The largest absolute Gasteiger partial charge is 0.493 e. The highest BCUT2D eigenvalue weighted by Gasteiger charge is 2.19. The van der Waals surface area contributed by atoms with Crippen molar-refractivity contribution in [2.45, 2.75) is 39.7 Å². The van der Waals surface area contributed by atoms with E-state index in [2.05, 4.69) is 32.9 Å². The maximum absolute atomic E-state index is 12.7. The number of rotatable bonds is 1. The van der Waals surface area contributed by atoms with E-state index in [1.54, 1.807) is 0 Å². The topological polar surface area (TPSA) is 31.2 Å². The van der Waals surface area contributed by atoms with Crippen LogP contribution in [0.3, 0.4) is 0 Å². The van der Waals surface area contributed by atoms with Crippen LogP contribution in [0.4, 0.5) is 0 Å². The summed E-state index contributed by atoms with van der Waals surface area (Å²) < 4.78 is 7.47. The molecule has 0 spiro atoms. The van der Waals surface area contributed by atoms with Gasteiger partial charge in [0.15, 0.2) is 0 Å². The molecular formula is C18H21NO2. The lowest BCUT2D eigenvalue weighted by molar-refractivity contribution is 0.307. The molecule has 0 N–H and O–H groups in total. The Hall–Kier alpha value is -2.03. The molecule has 0 saturated carbocycles. The van der Waals surface area contributed by atoms with Crippen LogP contribution >= 0.6 is 0 Å². The molecule has 0 amide bonds. The summed E-state index contributed by atoms with van der Waals surface area (Å²) in [5.74, 6) is 0.926. The summed E-state index contributed by atoms with van der Waals surface area (Å²) in [6.45, 7) is 8.90. The molecule has 1 aromatic carbocycles. The fourth-order valence-electron chi connectivity index (χ4n) is 3.05. The zero-order chi connectivity index (χ0) is 15.2. The van der Waals surface area contributed by atoms with E-state index in [1.165, 1.54) is 0 Å². The van der Waals surface area contributed by atoms with Gasteiger partial charge in [-0.25, -0.2) is 0 Å². The first-order valence-electron chi connectivity index (χ1n) is 7.38. The molecule has 0 aliphatic carbocycles. The SMILES string of the molecule is Cc1cc2cc(C3=CCCO3)ccc2c(=O)n1C(C)(C)C. The Morgan fingerprint density at radius 1 is 1.19 bits per heavy atom. The summed E-state index contributed by atoms with van der Waals surface area (Å²) in [6.07, 6.45) is 3.06. The van der Waals surface area contributed by atoms with Crippen LogP contribution in [0.25, 0.3) is 16.5 Å². The summed E-state index contributed by atoms with van der Waals surface area (Å²) in [6, 6.07) is 8.02. The standard InChI is InChI=1S/C18H21NO2/c1-12-10-14-11-13(16-6-5-9-21-16)7-8-15(14)17(20)19(12)18(2,3)4/h6-8,10-11H,5,9H2,1-4H3. The van der Waals surface area contributed by atoms with Gasteiger partial charge in [0.25, 0.3) is 5.56 Å². The van der Waals surface area contributed by atoms with Gasteiger partial charge in [-0.05, 0) is 57.4 Å². The van der Waals surface area contributed by atoms with E-state index in [-0.39, 0.29) is 11.1 Å². The second-order valence-electron chi connectivity index (χ2n) is 6.60. The first-order chi connectivity index (χ1) is 9.88. The van der Waals surface area contributed by atoms with Crippen molar-refractivity contribution < 1.29 is 4.74 Å². The highest BCUT2D eigenvalue weighted by molar-refractivity contribution is 5.85. The monoisotopic (exact) mass is 283 g/mol. The number of ether oxygens (including phenoxy) is 1. The van der Waals surface area contributed by atoms with Crippen LogP contribution in [0.1, 0.15) is 38.4 Å². The van der Waals surface area contributed by atoms with Crippen molar-refractivity contribution in [1.29, 1.82) is 0 Å². The summed E-state index contributed by atoms with van der Waals surface area (Å²) in [5, 5.41) is 1.74. The first kappa shape index (κ1) is 13.9. The predicted octanol–water partition coefficient (Wildman–Crippen LogP) is 3.83. The Morgan fingerprint density at radius 3 is 2.57 bits per heavy atom. The van der Waals surface area contributed by atoms with Gasteiger partial charge in [-0.2, -0.15) is 0 Å². The van der Waals surface area contributed by atoms with Gasteiger partial charge in [-0.15, -0.1) is 0 Å². The third-order valence-corrected chi connectivity index (χ3v) is 3.86. The van der Waals surface area contributed by atoms with E-state index in [1.807, 2.05) is 29.7 Å². The Morgan fingerprint density at radius 2 is 1.95 bits per heavy atom. The molecule has 0 atom stereocenters. The molecule has 1 aromatic heterocycles. The summed E-state index contributed by atoms with van der Waals surface area (Å²) in [7, 11) is 0. The number of hydrogen-bond donors (Lipinski definition) is 0. The van der Waals surface area contributed by atoms with Gasteiger partial charge in [-0.3, -0.25) is 4.79 Å². The van der Waals surface area contributed by atoms with Crippen LogP contribution in [0.15, 0.2) is 35.1 Å². The van der Waals surface area contributed by atoms with Crippen molar-refractivity contribution in [2.75, 3.05) is 6.61 Å². The maximum Gasteiger partial charge on any atom is 0.259 e. The Balaban J connectivity index is 2.23. The second-order valence-corrected chi connectivity index (χ2v) is 6.60. The highest BCUT2D eigenvalue weighted by Crippen LogP contribution is 2.26. The molecular weight excluding hydrogens is 262 g/mol. The van der Waals surface area contributed by atoms with Gasteiger partial charge in [-0.1, -0.05) is 6.07 Å². The van der Waals surface area contributed by atoms with Crippen molar-refractivity contribution in [3.63, 3.8) is 0 Å². The normalized spacial score (nSPS) is 15.1. The number of fused-ring (bicyclic) bond motifs is 1. The molecule has 3 rings (SSSR count). The van der Waals surface area contributed by atoms with Gasteiger partial charge in [0.1, 0.15) is 5.76 Å². The molecule has 2 heterocycles. The van der Waals surface area contributed by atoms with Crippen LogP contribution in [0.5, 0.6) is 0 Å². The molecule has 2 aromatic rings. The number of pyridine rings is 1. The fraction of sp³-hybridized carbons (Fsp3) is 0.389. The van der Waals surface area contributed by atoms with Crippen LogP contribution in [0.2, 0.25) is 0 Å². The van der Waals surface area contributed by atoms with Crippen LogP contribution in [0, 0.1) is 6.92 Å². The van der Waals surface area contributed by atoms with Gasteiger partial charge in [0.2, 0.25) is 0 Å². The summed E-state index contributed by atoms with van der Waals surface area (Å²) >= 11 is 0. The Kier molecular flexibility index (Phi) is 3.16. The van der Waals surface area contributed by atoms with E-state index in [4.69, 9.17) is 4.74 Å². The molecule has 0 radical (unpaired) electrons. The average Bonchev–Trinajstić information content (AvgIpc) is 2.90. The van der Waals surface area contributed by atoms with Crippen molar-refractivity contribution in [2.24, 2.45) is 0 Å². The maximum atomic E-state index is 12.7. The Bertz CT molecular complexity index is 791. The molecule has 0 fully saturated rings. The third-order valence-electron chi connectivity index (χ3n) is 3.86. The lowest BCUT2D eigenvalue weighted by Gasteiger charge is -2.25. The number of benzene rings is 1. The number of aromatic nitrogens is 1. The lowest BCUT2D eigenvalue weighted by atomic mass is 10.0.